The Bertz CT molecular complexity index is 527. The van der Waals surface area contributed by atoms with E-state index in [0.29, 0.717) is 16.5 Å². The number of rotatable bonds is 5. The van der Waals surface area contributed by atoms with Crippen molar-refractivity contribution in [2.24, 2.45) is 0 Å². The number of amides is 1. The highest BCUT2D eigenvalue weighted by Crippen LogP contribution is 2.18. The molecule has 2 heterocycles. The van der Waals surface area contributed by atoms with Crippen LogP contribution in [0.4, 0.5) is 0 Å². The van der Waals surface area contributed by atoms with E-state index in [2.05, 4.69) is 24.1 Å². The molecular formula is C15H22N2O3S. The molecule has 1 aliphatic heterocycles. The summed E-state index contributed by atoms with van der Waals surface area (Å²) in [4.78, 5) is 26.5. The van der Waals surface area contributed by atoms with Crippen molar-refractivity contribution in [2.75, 3.05) is 20.2 Å². The molecule has 0 saturated carbocycles. The van der Waals surface area contributed by atoms with Crippen molar-refractivity contribution in [3.05, 3.63) is 21.9 Å². The Morgan fingerprint density at radius 3 is 2.67 bits per heavy atom. The number of ketones is 1. The minimum absolute atomic E-state index is 0.00210. The van der Waals surface area contributed by atoms with Crippen LogP contribution in [0.2, 0.25) is 0 Å². The zero-order valence-corrected chi connectivity index (χ0v) is 13.7. The fraction of sp³-hybridized carbons (Fsp3) is 0.600. The molecule has 0 spiro atoms. The van der Waals surface area contributed by atoms with Gasteiger partial charge in [-0.05, 0) is 26.8 Å². The number of nitrogens with one attached hydrogen (secondary N) is 1. The molecule has 0 aliphatic carbocycles. The fourth-order valence-electron chi connectivity index (χ4n) is 2.49. The van der Waals surface area contributed by atoms with E-state index in [-0.39, 0.29) is 23.8 Å². The summed E-state index contributed by atoms with van der Waals surface area (Å²) in [5.41, 5.74) is 0.544. The second-order valence-corrected chi connectivity index (χ2v) is 6.57. The third-order valence-corrected chi connectivity index (χ3v) is 4.88. The molecule has 1 amide bonds. The Morgan fingerprint density at radius 1 is 1.43 bits per heavy atom. The number of carbonyl (C=O) groups excluding carboxylic acids is 2. The van der Waals surface area contributed by atoms with Gasteiger partial charge < -0.3 is 10.1 Å². The van der Waals surface area contributed by atoms with E-state index in [1.54, 1.807) is 18.6 Å². The van der Waals surface area contributed by atoms with Crippen molar-refractivity contribution < 1.29 is 14.3 Å². The summed E-state index contributed by atoms with van der Waals surface area (Å²) in [5.74, 6) is -0.155. The molecule has 1 N–H and O–H groups in total. The van der Waals surface area contributed by atoms with Crippen LogP contribution in [0, 0.1) is 0 Å². The van der Waals surface area contributed by atoms with Crippen LogP contribution in [-0.4, -0.2) is 55.0 Å². The van der Waals surface area contributed by atoms with Crippen molar-refractivity contribution >= 4 is 23.0 Å². The van der Waals surface area contributed by atoms with Gasteiger partial charge in [-0.2, -0.15) is 0 Å². The Balaban J connectivity index is 2.02. The van der Waals surface area contributed by atoms with Crippen LogP contribution in [0.3, 0.4) is 0 Å². The molecule has 2 atom stereocenters. The number of methoxy groups -OCH3 is 1. The molecule has 6 heteroatoms. The van der Waals surface area contributed by atoms with Gasteiger partial charge in [0.15, 0.2) is 5.78 Å². The Morgan fingerprint density at radius 2 is 2.14 bits per heavy atom. The summed E-state index contributed by atoms with van der Waals surface area (Å²) in [6, 6.07) is 2.06. The van der Waals surface area contributed by atoms with E-state index < -0.39 is 0 Å². The number of nitrogens with zero attached hydrogens (tertiary/aromatic N) is 1. The average molecular weight is 310 g/mol. The fourth-order valence-corrected chi connectivity index (χ4v) is 3.28. The summed E-state index contributed by atoms with van der Waals surface area (Å²) < 4.78 is 5.48. The Kier molecular flexibility index (Phi) is 5.13. The van der Waals surface area contributed by atoms with Gasteiger partial charge in [0.1, 0.15) is 0 Å². The van der Waals surface area contributed by atoms with Crippen molar-refractivity contribution in [1.82, 2.24) is 10.2 Å². The monoisotopic (exact) mass is 310 g/mol. The molecule has 21 heavy (non-hydrogen) atoms. The van der Waals surface area contributed by atoms with Crippen molar-refractivity contribution in [2.45, 2.75) is 39.0 Å². The first-order chi connectivity index (χ1) is 9.92. The highest BCUT2D eigenvalue weighted by Gasteiger charge is 2.35. The molecule has 0 aromatic carbocycles. The number of Topliss-reactive ketones (excluding diaryl/α,β-unsaturated/α-hetero) is 1. The number of thiophene rings is 1. The van der Waals surface area contributed by atoms with Gasteiger partial charge in [-0.15, -0.1) is 11.3 Å². The van der Waals surface area contributed by atoms with Gasteiger partial charge in [0.2, 0.25) is 0 Å². The van der Waals surface area contributed by atoms with Crippen LogP contribution in [-0.2, 0) is 4.74 Å². The maximum atomic E-state index is 12.3. The summed E-state index contributed by atoms with van der Waals surface area (Å²) in [6.45, 7) is 7.38. The predicted octanol–water partition coefficient (Wildman–Crippen LogP) is 1.79. The number of ether oxygens (including phenoxy) is 1. The summed E-state index contributed by atoms with van der Waals surface area (Å²) in [6.07, 6.45) is 0.00210. The molecule has 2 rings (SSSR count). The summed E-state index contributed by atoms with van der Waals surface area (Å²) in [7, 11) is 1.67. The number of carbonyl (C=O) groups is 2. The van der Waals surface area contributed by atoms with Gasteiger partial charge in [0.05, 0.1) is 22.6 Å². The molecule has 1 fully saturated rings. The highest BCUT2D eigenvalue weighted by atomic mass is 32.1. The molecular weight excluding hydrogens is 288 g/mol. The Labute approximate surface area is 129 Å². The number of likely N-dealkylation sites (tertiary alicyclic amines) is 1. The van der Waals surface area contributed by atoms with Gasteiger partial charge in [0, 0.05) is 31.6 Å². The lowest BCUT2D eigenvalue weighted by Crippen LogP contribution is -2.43. The summed E-state index contributed by atoms with van der Waals surface area (Å²) >= 11 is 1.30. The first-order valence-electron chi connectivity index (χ1n) is 7.09. The molecule has 1 saturated heterocycles. The normalized spacial score (nSPS) is 22.7. The first-order valence-corrected chi connectivity index (χ1v) is 7.97. The molecule has 0 radical (unpaired) electrons. The van der Waals surface area contributed by atoms with Crippen LogP contribution < -0.4 is 5.32 Å². The maximum absolute atomic E-state index is 12.3. The quantitative estimate of drug-likeness (QED) is 0.842. The lowest BCUT2D eigenvalue weighted by atomic mass is 10.2. The van der Waals surface area contributed by atoms with Gasteiger partial charge >= 0.3 is 0 Å². The van der Waals surface area contributed by atoms with E-state index >= 15 is 0 Å². The molecule has 0 bridgehead atoms. The summed E-state index contributed by atoms with van der Waals surface area (Å²) in [5, 5.41) is 4.75. The molecule has 1 aromatic rings. The molecule has 0 unspecified atom stereocenters. The van der Waals surface area contributed by atoms with Gasteiger partial charge in [-0.25, -0.2) is 0 Å². The topological polar surface area (TPSA) is 58.6 Å². The van der Waals surface area contributed by atoms with Crippen LogP contribution in [0.5, 0.6) is 0 Å². The second-order valence-electron chi connectivity index (χ2n) is 5.66. The van der Waals surface area contributed by atoms with Crippen LogP contribution in [0.1, 0.15) is 40.8 Å². The van der Waals surface area contributed by atoms with E-state index in [0.717, 1.165) is 13.1 Å². The highest BCUT2D eigenvalue weighted by molar-refractivity contribution is 7.12. The van der Waals surface area contributed by atoms with Crippen LogP contribution in [0.15, 0.2) is 11.4 Å². The number of hydrogen-bond donors (Lipinski definition) is 1. The van der Waals surface area contributed by atoms with E-state index in [1.165, 1.54) is 18.3 Å². The maximum Gasteiger partial charge on any atom is 0.252 e. The molecule has 116 valence electrons. The standard InChI is InChI=1S/C15H22N2O3S/c1-9(2)17-6-12(13(7-17)20-4)16-15(19)11-5-14(10(3)18)21-8-11/h5,8-9,12-13H,6-7H2,1-4H3,(H,16,19)/t12-,13-/m1/s1. The SMILES string of the molecule is CO[C@@H]1CN(C(C)C)C[C@H]1NC(=O)c1csc(C(C)=O)c1. The van der Waals surface area contributed by atoms with Gasteiger partial charge in [-0.3, -0.25) is 14.5 Å². The van der Waals surface area contributed by atoms with Crippen molar-refractivity contribution in [3.8, 4) is 0 Å². The minimum atomic E-state index is -0.142. The second kappa shape index (κ2) is 6.68. The molecule has 5 nitrogen and oxygen atoms in total. The minimum Gasteiger partial charge on any atom is -0.378 e. The third-order valence-electron chi connectivity index (χ3n) is 3.85. The van der Waals surface area contributed by atoms with E-state index in [1.807, 2.05) is 0 Å². The lowest BCUT2D eigenvalue weighted by molar-refractivity contribution is 0.0753. The van der Waals surface area contributed by atoms with Gasteiger partial charge in [0.25, 0.3) is 5.91 Å². The molecule has 1 aromatic heterocycles. The zero-order chi connectivity index (χ0) is 15.6. The lowest BCUT2D eigenvalue weighted by Gasteiger charge is -2.19. The number of hydrogen-bond acceptors (Lipinski definition) is 5. The third kappa shape index (κ3) is 3.70. The predicted molar refractivity (Wildman–Crippen MR) is 83.1 cm³/mol. The van der Waals surface area contributed by atoms with E-state index in [4.69, 9.17) is 4.74 Å². The largest absolute Gasteiger partial charge is 0.378 e. The first kappa shape index (κ1) is 16.1. The van der Waals surface area contributed by atoms with Crippen LogP contribution in [0.25, 0.3) is 0 Å². The van der Waals surface area contributed by atoms with Crippen molar-refractivity contribution in [1.29, 1.82) is 0 Å². The average Bonchev–Trinajstić information content (AvgIpc) is 3.05. The Hall–Kier alpha value is -1.24. The molecule has 1 aliphatic rings. The van der Waals surface area contributed by atoms with Gasteiger partial charge in [-0.1, -0.05) is 0 Å². The smallest absolute Gasteiger partial charge is 0.252 e. The zero-order valence-electron chi connectivity index (χ0n) is 12.9. The van der Waals surface area contributed by atoms with Crippen LogP contribution >= 0.6 is 11.3 Å². The van der Waals surface area contributed by atoms with E-state index in [9.17, 15) is 9.59 Å². The van der Waals surface area contributed by atoms with Crippen molar-refractivity contribution in [3.63, 3.8) is 0 Å².